The van der Waals surface area contributed by atoms with Crippen LogP contribution >= 0.6 is 0 Å². The predicted octanol–water partition coefficient (Wildman–Crippen LogP) is 2.33. The maximum Gasteiger partial charge on any atom is 0.224 e. The van der Waals surface area contributed by atoms with E-state index < -0.39 is 0 Å². The molecule has 2 aromatic heterocycles. The van der Waals surface area contributed by atoms with Crippen molar-refractivity contribution in [3.8, 4) is 5.88 Å². The first kappa shape index (κ1) is 13.9. The summed E-state index contributed by atoms with van der Waals surface area (Å²) in [6.45, 7) is 2.22. The van der Waals surface area contributed by atoms with E-state index in [0.29, 0.717) is 12.2 Å². The summed E-state index contributed by atoms with van der Waals surface area (Å²) in [4.78, 5) is 32.0. The molecular formula is C15H14N2O3. The highest BCUT2D eigenvalue weighted by Crippen LogP contribution is 2.17. The van der Waals surface area contributed by atoms with E-state index in [4.69, 9.17) is 4.74 Å². The Morgan fingerprint density at radius 1 is 1.05 bits per heavy atom. The monoisotopic (exact) mass is 270 g/mol. The molecule has 5 nitrogen and oxygen atoms in total. The summed E-state index contributed by atoms with van der Waals surface area (Å²) in [5.41, 5.74) is 0.598. The zero-order chi connectivity index (χ0) is 14.4. The first-order valence-corrected chi connectivity index (χ1v) is 6.27. The minimum Gasteiger partial charge on any atom is -0.477 e. The number of aromatic nitrogens is 2. The molecule has 2 heterocycles. The lowest BCUT2D eigenvalue weighted by molar-refractivity contribution is 0.0889. The van der Waals surface area contributed by atoms with E-state index in [-0.39, 0.29) is 29.6 Å². The topological polar surface area (TPSA) is 69.2 Å². The maximum absolute atomic E-state index is 12.2. The number of ether oxygens (including phenoxy) is 1. The van der Waals surface area contributed by atoms with Crippen molar-refractivity contribution in [1.29, 1.82) is 0 Å². The third kappa shape index (κ3) is 3.26. The lowest BCUT2D eigenvalue weighted by Crippen LogP contribution is -2.12. The SMILES string of the molecule is CCOc1ncccc1C(=O)CC(=O)c1ccccn1. The molecule has 0 N–H and O–H groups in total. The standard InChI is InChI=1S/C15H14N2O3/c1-2-20-15-11(6-5-9-17-15)13(18)10-14(19)12-7-3-4-8-16-12/h3-9H,2,10H2,1H3. The van der Waals surface area contributed by atoms with Gasteiger partial charge < -0.3 is 4.74 Å². The molecule has 0 aliphatic heterocycles. The molecule has 0 bridgehead atoms. The normalized spacial score (nSPS) is 10.1. The Morgan fingerprint density at radius 3 is 2.55 bits per heavy atom. The molecule has 0 fully saturated rings. The average Bonchev–Trinajstić information content (AvgIpc) is 2.49. The van der Waals surface area contributed by atoms with Crippen LogP contribution in [0.5, 0.6) is 5.88 Å². The second-order valence-electron chi connectivity index (χ2n) is 4.03. The number of rotatable bonds is 6. The van der Waals surface area contributed by atoms with Crippen LogP contribution in [0.4, 0.5) is 0 Å². The second-order valence-corrected chi connectivity index (χ2v) is 4.03. The van der Waals surface area contributed by atoms with E-state index in [1.54, 1.807) is 36.5 Å². The fourth-order valence-corrected chi connectivity index (χ4v) is 1.71. The zero-order valence-corrected chi connectivity index (χ0v) is 11.1. The third-order valence-corrected chi connectivity index (χ3v) is 2.62. The highest BCUT2D eigenvalue weighted by molar-refractivity contribution is 6.13. The van der Waals surface area contributed by atoms with Crippen molar-refractivity contribution in [2.24, 2.45) is 0 Å². The Kier molecular flexibility index (Phi) is 4.55. The van der Waals surface area contributed by atoms with Crippen LogP contribution in [-0.2, 0) is 0 Å². The van der Waals surface area contributed by atoms with Gasteiger partial charge in [-0.05, 0) is 31.2 Å². The Hall–Kier alpha value is -2.56. The molecule has 0 spiro atoms. The van der Waals surface area contributed by atoms with Gasteiger partial charge in [-0.25, -0.2) is 4.98 Å². The van der Waals surface area contributed by atoms with Gasteiger partial charge in [0.1, 0.15) is 5.69 Å². The average molecular weight is 270 g/mol. The molecule has 0 saturated carbocycles. The summed E-state index contributed by atoms with van der Waals surface area (Å²) in [5.74, 6) is -0.382. The minimum atomic E-state index is -0.322. The van der Waals surface area contributed by atoms with Crippen molar-refractivity contribution in [1.82, 2.24) is 9.97 Å². The van der Waals surface area contributed by atoms with Gasteiger partial charge in [-0.3, -0.25) is 14.6 Å². The summed E-state index contributed by atoms with van der Waals surface area (Å²) < 4.78 is 5.29. The molecule has 0 aliphatic carbocycles. The number of nitrogens with zero attached hydrogens (tertiary/aromatic N) is 2. The van der Waals surface area contributed by atoms with Crippen LogP contribution in [-0.4, -0.2) is 28.1 Å². The van der Waals surface area contributed by atoms with Crippen LogP contribution in [0.3, 0.4) is 0 Å². The predicted molar refractivity (Wildman–Crippen MR) is 72.9 cm³/mol. The summed E-state index contributed by atoms with van der Waals surface area (Å²) in [6, 6.07) is 8.25. The number of carbonyl (C=O) groups excluding carboxylic acids is 2. The van der Waals surface area contributed by atoms with Gasteiger partial charge in [0.25, 0.3) is 0 Å². The Morgan fingerprint density at radius 2 is 1.85 bits per heavy atom. The number of carbonyl (C=O) groups is 2. The molecule has 20 heavy (non-hydrogen) atoms. The lowest BCUT2D eigenvalue weighted by atomic mass is 10.1. The van der Waals surface area contributed by atoms with Gasteiger partial charge in [0.2, 0.25) is 5.88 Å². The zero-order valence-electron chi connectivity index (χ0n) is 11.1. The molecule has 0 aliphatic rings. The number of hydrogen-bond donors (Lipinski definition) is 0. The van der Waals surface area contributed by atoms with E-state index in [1.165, 1.54) is 6.20 Å². The minimum absolute atomic E-state index is 0.247. The van der Waals surface area contributed by atoms with Gasteiger partial charge in [0.15, 0.2) is 11.6 Å². The van der Waals surface area contributed by atoms with E-state index in [9.17, 15) is 9.59 Å². The van der Waals surface area contributed by atoms with Gasteiger partial charge in [-0.1, -0.05) is 6.07 Å². The summed E-state index contributed by atoms with van der Waals surface area (Å²) >= 11 is 0. The molecule has 0 saturated heterocycles. The largest absolute Gasteiger partial charge is 0.477 e. The fourth-order valence-electron chi connectivity index (χ4n) is 1.71. The second kappa shape index (κ2) is 6.56. The first-order valence-electron chi connectivity index (χ1n) is 6.27. The molecule has 5 heteroatoms. The number of ketones is 2. The van der Waals surface area contributed by atoms with Crippen molar-refractivity contribution < 1.29 is 14.3 Å². The molecule has 0 unspecified atom stereocenters. The van der Waals surface area contributed by atoms with Gasteiger partial charge >= 0.3 is 0 Å². The Labute approximate surface area is 116 Å². The summed E-state index contributed by atoms with van der Waals surface area (Å²) in [5, 5.41) is 0. The van der Waals surface area contributed by atoms with Crippen molar-refractivity contribution in [3.05, 3.63) is 54.0 Å². The van der Waals surface area contributed by atoms with Crippen molar-refractivity contribution in [3.63, 3.8) is 0 Å². The summed E-state index contributed by atoms with van der Waals surface area (Å²) in [7, 11) is 0. The molecule has 2 aromatic rings. The Bertz CT molecular complexity index is 612. The smallest absolute Gasteiger partial charge is 0.224 e. The fraction of sp³-hybridized carbons (Fsp3) is 0.200. The van der Waals surface area contributed by atoms with Crippen LogP contribution in [0.2, 0.25) is 0 Å². The molecule has 0 aromatic carbocycles. The van der Waals surface area contributed by atoms with Crippen LogP contribution in [0.1, 0.15) is 34.2 Å². The van der Waals surface area contributed by atoms with Gasteiger partial charge in [0.05, 0.1) is 18.6 Å². The third-order valence-electron chi connectivity index (χ3n) is 2.62. The first-order chi connectivity index (χ1) is 9.72. The van der Waals surface area contributed by atoms with Crippen molar-refractivity contribution in [2.75, 3.05) is 6.61 Å². The van der Waals surface area contributed by atoms with E-state index in [2.05, 4.69) is 9.97 Å². The molecule has 102 valence electrons. The molecular weight excluding hydrogens is 256 g/mol. The molecule has 0 atom stereocenters. The van der Waals surface area contributed by atoms with Crippen molar-refractivity contribution >= 4 is 11.6 Å². The molecule has 2 rings (SSSR count). The van der Waals surface area contributed by atoms with E-state index >= 15 is 0 Å². The van der Waals surface area contributed by atoms with Gasteiger partial charge in [0, 0.05) is 12.4 Å². The maximum atomic E-state index is 12.2. The highest BCUT2D eigenvalue weighted by Gasteiger charge is 2.18. The van der Waals surface area contributed by atoms with Crippen LogP contribution < -0.4 is 4.74 Å². The number of pyridine rings is 2. The number of Topliss-reactive ketones (excluding diaryl/α,β-unsaturated/α-hetero) is 2. The van der Waals surface area contributed by atoms with Gasteiger partial charge in [-0.15, -0.1) is 0 Å². The van der Waals surface area contributed by atoms with Crippen LogP contribution in [0.25, 0.3) is 0 Å². The van der Waals surface area contributed by atoms with E-state index in [0.717, 1.165) is 0 Å². The van der Waals surface area contributed by atoms with Gasteiger partial charge in [-0.2, -0.15) is 0 Å². The molecule has 0 amide bonds. The van der Waals surface area contributed by atoms with Crippen LogP contribution in [0.15, 0.2) is 42.7 Å². The molecule has 0 radical (unpaired) electrons. The number of hydrogen-bond acceptors (Lipinski definition) is 5. The lowest BCUT2D eigenvalue weighted by Gasteiger charge is -2.07. The Balaban J connectivity index is 2.15. The highest BCUT2D eigenvalue weighted by atomic mass is 16.5. The summed E-state index contributed by atoms with van der Waals surface area (Å²) in [6.07, 6.45) is 2.82. The van der Waals surface area contributed by atoms with E-state index in [1.807, 2.05) is 6.92 Å². The quantitative estimate of drug-likeness (QED) is 0.595. The van der Waals surface area contributed by atoms with Crippen LogP contribution in [0, 0.1) is 0 Å². The van der Waals surface area contributed by atoms with Crippen molar-refractivity contribution in [2.45, 2.75) is 13.3 Å².